The Morgan fingerprint density at radius 1 is 1.16 bits per heavy atom. The van der Waals surface area contributed by atoms with E-state index < -0.39 is 21.8 Å². The molecule has 0 bridgehead atoms. The lowest BCUT2D eigenvalue weighted by atomic mass is 10.1. The first-order valence-corrected chi connectivity index (χ1v) is 8.55. The van der Waals surface area contributed by atoms with E-state index in [0.717, 1.165) is 18.3 Å². The molecule has 0 atom stereocenters. The average Bonchev–Trinajstić information content (AvgIpc) is 2.54. The van der Waals surface area contributed by atoms with Gasteiger partial charge in [0.05, 0.1) is 18.9 Å². The highest BCUT2D eigenvalue weighted by atomic mass is 35.5. The molecule has 0 radical (unpaired) electrons. The molecule has 25 heavy (non-hydrogen) atoms. The van der Waals surface area contributed by atoms with E-state index in [4.69, 9.17) is 16.3 Å². The Morgan fingerprint density at radius 3 is 2.36 bits per heavy atom. The molecule has 0 heterocycles. The topological polar surface area (TPSA) is 67.8 Å². The number of hydrogen-bond donors (Lipinski definition) is 1. The third-order valence-corrected chi connectivity index (χ3v) is 4.52. The molecule has 0 aliphatic rings. The molecule has 0 unspecified atom stereocenters. The van der Waals surface area contributed by atoms with E-state index in [0.29, 0.717) is 0 Å². The molecule has 5 nitrogen and oxygen atoms in total. The Balaban J connectivity index is 2.17. The molecule has 0 amide bonds. The lowest BCUT2D eigenvalue weighted by Crippen LogP contribution is -2.19. The Morgan fingerprint density at radius 2 is 1.80 bits per heavy atom. The van der Waals surface area contributed by atoms with Crippen LogP contribution in [0.15, 0.2) is 52.5 Å². The zero-order valence-corrected chi connectivity index (χ0v) is 14.3. The quantitative estimate of drug-likeness (QED) is 0.623. The van der Waals surface area contributed by atoms with E-state index in [-0.39, 0.29) is 21.2 Å². The van der Waals surface area contributed by atoms with Gasteiger partial charge in [-0.1, -0.05) is 23.7 Å². The van der Waals surface area contributed by atoms with Gasteiger partial charge in [-0.3, -0.25) is 0 Å². The minimum Gasteiger partial charge on any atom is -0.495 e. The summed E-state index contributed by atoms with van der Waals surface area (Å²) in [7, 11) is -2.77. The van der Waals surface area contributed by atoms with Gasteiger partial charge < -0.3 is 4.74 Å². The van der Waals surface area contributed by atoms with Gasteiger partial charge in [0.1, 0.15) is 10.6 Å². The van der Waals surface area contributed by atoms with Crippen LogP contribution in [0.4, 0.5) is 13.2 Å². The highest BCUT2D eigenvalue weighted by Gasteiger charge is 2.29. The number of methoxy groups -OCH3 is 1. The number of ether oxygens (including phenoxy) is 1. The largest absolute Gasteiger partial charge is 0.495 e. The maximum Gasteiger partial charge on any atom is 0.416 e. The fraction of sp³-hybridized carbons (Fsp3) is 0.133. The van der Waals surface area contributed by atoms with Crippen molar-refractivity contribution in [3.05, 3.63) is 58.6 Å². The number of hydrogen-bond acceptors (Lipinski definition) is 4. The second-order valence-electron chi connectivity index (χ2n) is 4.77. The monoisotopic (exact) mass is 392 g/mol. The van der Waals surface area contributed by atoms with Crippen molar-refractivity contribution in [2.24, 2.45) is 5.10 Å². The summed E-state index contributed by atoms with van der Waals surface area (Å²) in [5.74, 6) is 0.0710. The Labute approximate surface area is 147 Å². The predicted octanol–water partition coefficient (Wildman–Crippen LogP) is 3.68. The highest BCUT2D eigenvalue weighted by Crippen LogP contribution is 2.29. The maximum absolute atomic E-state index is 12.5. The summed E-state index contributed by atoms with van der Waals surface area (Å²) in [4.78, 5) is 1.74. The van der Waals surface area contributed by atoms with Crippen molar-refractivity contribution in [2.75, 3.05) is 7.11 Å². The zero-order valence-electron chi connectivity index (χ0n) is 12.7. The van der Waals surface area contributed by atoms with Crippen molar-refractivity contribution in [3.8, 4) is 5.75 Å². The normalized spacial score (nSPS) is 12.4. The van der Waals surface area contributed by atoms with Gasteiger partial charge in [0, 0.05) is 5.02 Å². The van der Waals surface area contributed by atoms with Crippen molar-refractivity contribution in [1.29, 1.82) is 0 Å². The molecule has 0 saturated heterocycles. The van der Waals surface area contributed by atoms with Crippen molar-refractivity contribution < 1.29 is 26.3 Å². The molecule has 134 valence electrons. The standard InChI is InChI=1S/C15H12ClF3N2O3S/c1-24-13-7-6-12(16)8-14(13)25(22,23)21-20-9-10-2-4-11(5-3-10)15(17,18)19/h2-9,21H,1H3/b20-9+. The molecule has 2 aromatic rings. The molecule has 2 aromatic carbocycles. The highest BCUT2D eigenvalue weighted by molar-refractivity contribution is 7.89. The number of benzene rings is 2. The van der Waals surface area contributed by atoms with Gasteiger partial charge >= 0.3 is 6.18 Å². The number of hydrazone groups is 1. The molecular formula is C15H12ClF3N2O3S. The summed E-state index contributed by atoms with van der Waals surface area (Å²) in [6.45, 7) is 0. The number of alkyl halides is 3. The molecule has 1 N–H and O–H groups in total. The van der Waals surface area contributed by atoms with Gasteiger partial charge in [0.2, 0.25) is 0 Å². The van der Waals surface area contributed by atoms with Crippen LogP contribution in [-0.2, 0) is 16.2 Å². The Hall–Kier alpha value is -2.26. The van der Waals surface area contributed by atoms with Crippen molar-refractivity contribution in [2.45, 2.75) is 11.1 Å². The third-order valence-electron chi connectivity index (χ3n) is 3.04. The molecule has 0 saturated carbocycles. The van der Waals surface area contributed by atoms with Crippen LogP contribution in [0.1, 0.15) is 11.1 Å². The second kappa shape index (κ2) is 7.32. The molecule has 0 fully saturated rings. The van der Waals surface area contributed by atoms with Crippen molar-refractivity contribution in [1.82, 2.24) is 4.83 Å². The molecular weight excluding hydrogens is 381 g/mol. The van der Waals surface area contributed by atoms with Crippen LogP contribution in [-0.4, -0.2) is 21.7 Å². The first-order valence-electron chi connectivity index (χ1n) is 6.69. The molecule has 0 spiro atoms. The second-order valence-corrected chi connectivity index (χ2v) is 6.83. The summed E-state index contributed by atoms with van der Waals surface area (Å²) in [5, 5.41) is 3.73. The lowest BCUT2D eigenvalue weighted by Gasteiger charge is -2.09. The molecule has 0 aliphatic heterocycles. The van der Waals surface area contributed by atoms with Crippen molar-refractivity contribution >= 4 is 27.8 Å². The van der Waals surface area contributed by atoms with Crippen LogP contribution >= 0.6 is 11.6 Å². The van der Waals surface area contributed by atoms with Crippen LogP contribution in [0, 0.1) is 0 Å². The van der Waals surface area contributed by atoms with Gasteiger partial charge in [-0.15, -0.1) is 0 Å². The summed E-state index contributed by atoms with van der Waals surface area (Å²) in [5.41, 5.74) is -0.525. The fourth-order valence-electron chi connectivity index (χ4n) is 1.84. The Bertz CT molecular complexity index is 882. The van der Waals surface area contributed by atoms with Crippen LogP contribution in [0.5, 0.6) is 5.75 Å². The summed E-state index contributed by atoms with van der Waals surface area (Å²) in [6.07, 6.45) is -3.37. The van der Waals surface area contributed by atoms with Gasteiger partial charge in [0.25, 0.3) is 10.0 Å². The van der Waals surface area contributed by atoms with Gasteiger partial charge in [0.15, 0.2) is 0 Å². The van der Waals surface area contributed by atoms with Crippen LogP contribution < -0.4 is 9.57 Å². The van der Waals surface area contributed by atoms with E-state index >= 15 is 0 Å². The minimum absolute atomic E-state index is 0.0710. The van der Waals surface area contributed by atoms with Crippen molar-refractivity contribution in [3.63, 3.8) is 0 Å². The molecule has 10 heteroatoms. The smallest absolute Gasteiger partial charge is 0.416 e. The first kappa shape index (κ1) is 19.1. The summed E-state index contributed by atoms with van der Waals surface area (Å²) in [6, 6.07) is 8.12. The van der Waals surface area contributed by atoms with Crippen LogP contribution in [0.3, 0.4) is 0 Å². The fourth-order valence-corrected chi connectivity index (χ4v) is 3.06. The number of halogens is 4. The number of sulfonamides is 1. The predicted molar refractivity (Wildman–Crippen MR) is 87.4 cm³/mol. The summed E-state index contributed by atoms with van der Waals surface area (Å²) >= 11 is 5.78. The molecule has 0 aliphatic carbocycles. The van der Waals surface area contributed by atoms with Gasteiger partial charge in [-0.05, 0) is 35.9 Å². The van der Waals surface area contributed by atoms with Crippen LogP contribution in [0.2, 0.25) is 5.02 Å². The average molecular weight is 393 g/mol. The molecule has 2 rings (SSSR count). The minimum atomic E-state index is -4.44. The SMILES string of the molecule is COc1ccc(Cl)cc1S(=O)(=O)N/N=C/c1ccc(C(F)(F)F)cc1. The molecule has 0 aromatic heterocycles. The Kier molecular flexibility index (Phi) is 5.58. The third kappa shape index (κ3) is 4.86. The number of nitrogens with one attached hydrogen (secondary N) is 1. The van der Waals surface area contributed by atoms with Crippen LogP contribution in [0.25, 0.3) is 0 Å². The van der Waals surface area contributed by atoms with Gasteiger partial charge in [-0.25, -0.2) is 0 Å². The summed E-state index contributed by atoms with van der Waals surface area (Å²) < 4.78 is 66.8. The van der Waals surface area contributed by atoms with Gasteiger partial charge in [-0.2, -0.15) is 31.5 Å². The van der Waals surface area contributed by atoms with E-state index in [1.54, 1.807) is 0 Å². The van der Waals surface area contributed by atoms with E-state index in [1.165, 1.54) is 37.4 Å². The van der Waals surface area contributed by atoms with E-state index in [1.807, 2.05) is 4.83 Å². The zero-order chi connectivity index (χ0) is 18.7. The number of nitrogens with zero attached hydrogens (tertiary/aromatic N) is 1. The maximum atomic E-state index is 12.5. The lowest BCUT2D eigenvalue weighted by molar-refractivity contribution is -0.137. The first-order chi connectivity index (χ1) is 11.6. The number of rotatable bonds is 5. The van der Waals surface area contributed by atoms with E-state index in [2.05, 4.69) is 5.10 Å². The van der Waals surface area contributed by atoms with E-state index in [9.17, 15) is 21.6 Å².